The number of esters is 1. The van der Waals surface area contributed by atoms with E-state index in [-0.39, 0.29) is 0 Å². The number of carbonyl (C=O) groups is 1. The van der Waals surface area contributed by atoms with Crippen molar-refractivity contribution in [2.24, 2.45) is 7.05 Å². The second kappa shape index (κ2) is 5.94. The number of hydrogen-bond donors (Lipinski definition) is 1. The number of ether oxygens (including phenoxy) is 1. The first kappa shape index (κ1) is 13.0. The van der Waals surface area contributed by atoms with Crippen LogP contribution in [0.4, 0.5) is 5.82 Å². The van der Waals surface area contributed by atoms with Crippen LogP contribution in [0.1, 0.15) is 23.1 Å². The Balaban J connectivity index is 2.12. The Morgan fingerprint density at radius 3 is 3.05 bits per heavy atom. The number of carbonyl (C=O) groups excluding carboxylic acids is 1. The molecule has 0 fully saturated rings. The van der Waals surface area contributed by atoms with Gasteiger partial charge in [0.15, 0.2) is 5.82 Å². The summed E-state index contributed by atoms with van der Waals surface area (Å²) in [4.78, 5) is 15.9. The lowest BCUT2D eigenvalue weighted by atomic mass is 10.2. The SMILES string of the molecule is CCOC(=O)c1cccnc1NCc1nncn1C. The lowest BCUT2D eigenvalue weighted by molar-refractivity contribution is 0.0527. The van der Waals surface area contributed by atoms with Crippen molar-refractivity contribution < 1.29 is 9.53 Å². The second-order valence-corrected chi connectivity index (χ2v) is 3.83. The van der Waals surface area contributed by atoms with Crippen LogP contribution in [0.2, 0.25) is 0 Å². The van der Waals surface area contributed by atoms with Crippen LogP contribution < -0.4 is 5.32 Å². The number of pyridine rings is 1. The molecule has 7 heteroatoms. The zero-order chi connectivity index (χ0) is 13.7. The van der Waals surface area contributed by atoms with Gasteiger partial charge in [-0.1, -0.05) is 0 Å². The molecule has 19 heavy (non-hydrogen) atoms. The molecule has 2 aromatic rings. The average molecular weight is 261 g/mol. The predicted octanol–water partition coefficient (Wildman–Crippen LogP) is 0.999. The van der Waals surface area contributed by atoms with E-state index in [4.69, 9.17) is 4.74 Å². The highest BCUT2D eigenvalue weighted by atomic mass is 16.5. The molecule has 2 heterocycles. The van der Waals surface area contributed by atoms with Crippen molar-refractivity contribution in [2.45, 2.75) is 13.5 Å². The summed E-state index contributed by atoms with van der Waals surface area (Å²) in [5.41, 5.74) is 0.409. The van der Waals surface area contributed by atoms with Gasteiger partial charge in [-0.25, -0.2) is 9.78 Å². The van der Waals surface area contributed by atoms with Crippen molar-refractivity contribution in [1.29, 1.82) is 0 Å². The van der Waals surface area contributed by atoms with Crippen LogP contribution in [-0.2, 0) is 18.3 Å². The van der Waals surface area contributed by atoms with E-state index in [0.717, 1.165) is 5.82 Å². The van der Waals surface area contributed by atoms with Crippen LogP contribution >= 0.6 is 0 Å². The van der Waals surface area contributed by atoms with Gasteiger partial charge >= 0.3 is 5.97 Å². The lowest BCUT2D eigenvalue weighted by Crippen LogP contribution is -2.12. The average Bonchev–Trinajstić information content (AvgIpc) is 2.82. The van der Waals surface area contributed by atoms with Crippen molar-refractivity contribution in [3.05, 3.63) is 36.0 Å². The Morgan fingerprint density at radius 2 is 2.37 bits per heavy atom. The van der Waals surface area contributed by atoms with Gasteiger partial charge in [0.05, 0.1) is 13.2 Å². The number of hydrogen-bond acceptors (Lipinski definition) is 6. The molecule has 0 aliphatic rings. The second-order valence-electron chi connectivity index (χ2n) is 3.83. The number of anilines is 1. The number of aromatic nitrogens is 4. The van der Waals surface area contributed by atoms with Crippen molar-refractivity contribution in [3.63, 3.8) is 0 Å². The maximum absolute atomic E-state index is 11.8. The summed E-state index contributed by atoms with van der Waals surface area (Å²) in [6.45, 7) is 2.53. The molecule has 0 radical (unpaired) electrons. The van der Waals surface area contributed by atoms with Gasteiger partial charge in [-0.05, 0) is 19.1 Å². The standard InChI is InChI=1S/C12H15N5O2/c1-3-19-12(18)9-5-4-6-13-11(9)14-7-10-16-15-8-17(10)2/h4-6,8H,3,7H2,1-2H3,(H,13,14). The van der Waals surface area contributed by atoms with Crippen molar-refractivity contribution in [3.8, 4) is 0 Å². The summed E-state index contributed by atoms with van der Waals surface area (Å²) in [6, 6.07) is 3.36. The fourth-order valence-electron chi connectivity index (χ4n) is 1.55. The van der Waals surface area contributed by atoms with Crippen LogP contribution in [0.25, 0.3) is 0 Å². The fourth-order valence-corrected chi connectivity index (χ4v) is 1.55. The maximum Gasteiger partial charge on any atom is 0.341 e. The van der Waals surface area contributed by atoms with E-state index >= 15 is 0 Å². The van der Waals surface area contributed by atoms with E-state index in [0.29, 0.717) is 24.5 Å². The highest BCUT2D eigenvalue weighted by Gasteiger charge is 2.13. The molecule has 2 rings (SSSR count). The third-order valence-corrected chi connectivity index (χ3v) is 2.52. The topological polar surface area (TPSA) is 81.9 Å². The molecule has 2 aromatic heterocycles. The Kier molecular flexibility index (Phi) is 4.07. The minimum atomic E-state index is -0.393. The Morgan fingerprint density at radius 1 is 1.53 bits per heavy atom. The maximum atomic E-state index is 11.8. The van der Waals surface area contributed by atoms with Crippen LogP contribution in [0.15, 0.2) is 24.7 Å². The van der Waals surface area contributed by atoms with E-state index in [1.165, 1.54) is 0 Å². The van der Waals surface area contributed by atoms with Crippen molar-refractivity contribution in [1.82, 2.24) is 19.7 Å². The molecule has 0 atom stereocenters. The summed E-state index contributed by atoms with van der Waals surface area (Å²) in [7, 11) is 1.85. The zero-order valence-corrected chi connectivity index (χ0v) is 10.8. The molecule has 0 saturated carbocycles. The van der Waals surface area contributed by atoms with Crippen LogP contribution in [0.3, 0.4) is 0 Å². The van der Waals surface area contributed by atoms with Crippen LogP contribution in [0.5, 0.6) is 0 Å². The normalized spacial score (nSPS) is 10.2. The van der Waals surface area contributed by atoms with Gasteiger partial charge in [0.25, 0.3) is 0 Å². The summed E-state index contributed by atoms with van der Waals surface area (Å²) in [6.07, 6.45) is 3.23. The largest absolute Gasteiger partial charge is 0.462 e. The minimum absolute atomic E-state index is 0.330. The Bertz CT molecular complexity index is 567. The van der Waals surface area contributed by atoms with Gasteiger partial charge in [0.1, 0.15) is 17.7 Å². The number of rotatable bonds is 5. The molecule has 7 nitrogen and oxygen atoms in total. The first-order valence-corrected chi connectivity index (χ1v) is 5.91. The van der Waals surface area contributed by atoms with E-state index in [1.807, 2.05) is 7.05 Å². The third-order valence-electron chi connectivity index (χ3n) is 2.52. The molecule has 0 unspecified atom stereocenters. The molecule has 0 aliphatic carbocycles. The molecule has 0 spiro atoms. The van der Waals surface area contributed by atoms with Gasteiger partial charge < -0.3 is 14.6 Å². The van der Waals surface area contributed by atoms with Gasteiger partial charge in [0, 0.05) is 13.2 Å². The molecule has 0 bridgehead atoms. The van der Waals surface area contributed by atoms with E-state index in [9.17, 15) is 4.79 Å². The molecule has 0 aromatic carbocycles. The van der Waals surface area contributed by atoms with E-state index in [1.54, 1.807) is 36.1 Å². The quantitative estimate of drug-likeness (QED) is 0.808. The summed E-state index contributed by atoms with van der Waals surface area (Å²) < 4.78 is 6.77. The zero-order valence-electron chi connectivity index (χ0n) is 10.8. The number of nitrogens with zero attached hydrogens (tertiary/aromatic N) is 4. The first-order chi connectivity index (χ1) is 9.22. The highest BCUT2D eigenvalue weighted by molar-refractivity contribution is 5.94. The number of nitrogens with one attached hydrogen (secondary N) is 1. The minimum Gasteiger partial charge on any atom is -0.462 e. The van der Waals surface area contributed by atoms with Gasteiger partial charge in [0.2, 0.25) is 0 Å². The highest BCUT2D eigenvalue weighted by Crippen LogP contribution is 2.13. The summed E-state index contributed by atoms with van der Waals surface area (Å²) in [5, 5.41) is 10.8. The molecule has 0 saturated heterocycles. The smallest absolute Gasteiger partial charge is 0.341 e. The lowest BCUT2D eigenvalue weighted by Gasteiger charge is -2.09. The van der Waals surface area contributed by atoms with E-state index < -0.39 is 5.97 Å². The van der Waals surface area contributed by atoms with Gasteiger partial charge in [-0.15, -0.1) is 10.2 Å². The Labute approximate surface area is 110 Å². The monoisotopic (exact) mass is 261 g/mol. The van der Waals surface area contributed by atoms with Crippen LogP contribution in [-0.4, -0.2) is 32.3 Å². The molecule has 100 valence electrons. The predicted molar refractivity (Wildman–Crippen MR) is 68.5 cm³/mol. The van der Waals surface area contributed by atoms with Crippen molar-refractivity contribution in [2.75, 3.05) is 11.9 Å². The van der Waals surface area contributed by atoms with Gasteiger partial charge in [-0.3, -0.25) is 0 Å². The fraction of sp³-hybridized carbons (Fsp3) is 0.333. The molecular formula is C12H15N5O2. The first-order valence-electron chi connectivity index (χ1n) is 5.91. The summed E-state index contributed by atoms with van der Waals surface area (Å²) >= 11 is 0. The van der Waals surface area contributed by atoms with Crippen LogP contribution in [0, 0.1) is 0 Å². The molecule has 0 aliphatic heterocycles. The number of aryl methyl sites for hydroxylation is 1. The molecular weight excluding hydrogens is 246 g/mol. The molecule has 0 amide bonds. The van der Waals surface area contributed by atoms with Gasteiger partial charge in [-0.2, -0.15) is 0 Å². The Hall–Kier alpha value is -2.44. The van der Waals surface area contributed by atoms with E-state index in [2.05, 4.69) is 20.5 Å². The summed E-state index contributed by atoms with van der Waals surface area (Å²) in [5.74, 6) is 0.834. The van der Waals surface area contributed by atoms with Crippen molar-refractivity contribution >= 4 is 11.8 Å². The third kappa shape index (κ3) is 3.06. The molecule has 1 N–H and O–H groups in total.